The molecule has 18 heavy (non-hydrogen) atoms. The standard InChI is InChI=1S/C13H25N3OS/c1-5-7-14-10(3)8-13-15-12(16-17-13)9-18-11(4)6-2/h10-11,14H,5-9H2,1-4H3. The maximum absolute atomic E-state index is 5.27. The van der Waals surface area contributed by atoms with Crippen LogP contribution in [0.1, 0.15) is 52.3 Å². The second kappa shape index (κ2) is 8.53. The van der Waals surface area contributed by atoms with Gasteiger partial charge in [0.05, 0.1) is 5.75 Å². The van der Waals surface area contributed by atoms with Crippen molar-refractivity contribution in [2.45, 2.75) is 64.0 Å². The van der Waals surface area contributed by atoms with Gasteiger partial charge in [0.2, 0.25) is 5.89 Å². The summed E-state index contributed by atoms with van der Waals surface area (Å²) in [6.45, 7) is 9.76. The molecule has 1 heterocycles. The van der Waals surface area contributed by atoms with E-state index in [9.17, 15) is 0 Å². The van der Waals surface area contributed by atoms with Gasteiger partial charge in [-0.3, -0.25) is 0 Å². The van der Waals surface area contributed by atoms with Crippen molar-refractivity contribution in [3.63, 3.8) is 0 Å². The Balaban J connectivity index is 2.33. The smallest absolute Gasteiger partial charge is 0.228 e. The van der Waals surface area contributed by atoms with Crippen molar-refractivity contribution in [3.8, 4) is 0 Å². The second-order valence-electron chi connectivity index (χ2n) is 4.69. The van der Waals surface area contributed by atoms with Crippen molar-refractivity contribution in [1.82, 2.24) is 15.5 Å². The highest BCUT2D eigenvalue weighted by Gasteiger charge is 2.11. The van der Waals surface area contributed by atoms with Crippen molar-refractivity contribution in [2.75, 3.05) is 6.54 Å². The second-order valence-corrected chi connectivity index (χ2v) is 6.12. The van der Waals surface area contributed by atoms with Crippen molar-refractivity contribution >= 4 is 11.8 Å². The van der Waals surface area contributed by atoms with Gasteiger partial charge in [0, 0.05) is 17.7 Å². The topological polar surface area (TPSA) is 51.0 Å². The minimum absolute atomic E-state index is 0.389. The van der Waals surface area contributed by atoms with Crippen LogP contribution < -0.4 is 5.32 Å². The third-order valence-electron chi connectivity index (χ3n) is 2.81. The minimum Gasteiger partial charge on any atom is -0.339 e. The molecule has 0 aliphatic heterocycles. The lowest BCUT2D eigenvalue weighted by molar-refractivity contribution is 0.358. The van der Waals surface area contributed by atoms with E-state index in [1.54, 1.807) is 0 Å². The third kappa shape index (κ3) is 5.87. The number of rotatable bonds is 9. The Kier molecular flexibility index (Phi) is 7.35. The number of nitrogens with one attached hydrogen (secondary N) is 1. The SMILES string of the molecule is CCCNC(C)Cc1nc(CSC(C)CC)no1. The lowest BCUT2D eigenvalue weighted by atomic mass is 10.2. The fourth-order valence-electron chi connectivity index (χ4n) is 1.49. The number of nitrogens with zero attached hydrogens (tertiary/aromatic N) is 2. The summed E-state index contributed by atoms with van der Waals surface area (Å²) in [5, 5.41) is 8.09. The number of hydrogen-bond donors (Lipinski definition) is 1. The van der Waals surface area contributed by atoms with Crippen molar-refractivity contribution in [2.24, 2.45) is 0 Å². The zero-order valence-corrected chi connectivity index (χ0v) is 12.7. The minimum atomic E-state index is 0.389. The van der Waals surface area contributed by atoms with Gasteiger partial charge in [0.25, 0.3) is 0 Å². The molecule has 1 aromatic rings. The van der Waals surface area contributed by atoms with Crippen LogP contribution in [0.4, 0.5) is 0 Å². The molecule has 0 saturated carbocycles. The van der Waals surface area contributed by atoms with Crippen LogP contribution in [0.5, 0.6) is 0 Å². The molecular formula is C13H25N3OS. The van der Waals surface area contributed by atoms with E-state index < -0.39 is 0 Å². The molecule has 0 fully saturated rings. The van der Waals surface area contributed by atoms with E-state index in [0.29, 0.717) is 11.3 Å². The predicted molar refractivity (Wildman–Crippen MR) is 76.8 cm³/mol. The maximum atomic E-state index is 5.27. The first-order valence-electron chi connectivity index (χ1n) is 6.82. The highest BCUT2D eigenvalue weighted by Crippen LogP contribution is 2.18. The molecular weight excluding hydrogens is 246 g/mol. The fraction of sp³-hybridized carbons (Fsp3) is 0.846. The highest BCUT2D eigenvalue weighted by molar-refractivity contribution is 7.99. The summed E-state index contributed by atoms with van der Waals surface area (Å²) >= 11 is 1.87. The summed E-state index contributed by atoms with van der Waals surface area (Å²) < 4.78 is 5.27. The van der Waals surface area contributed by atoms with Gasteiger partial charge in [-0.05, 0) is 26.3 Å². The normalized spacial score (nSPS) is 14.7. The Hall–Kier alpha value is -0.550. The molecule has 104 valence electrons. The Labute approximate surface area is 114 Å². The van der Waals surface area contributed by atoms with Crippen LogP contribution in [0.2, 0.25) is 0 Å². The molecule has 2 atom stereocenters. The number of hydrogen-bond acceptors (Lipinski definition) is 5. The van der Waals surface area contributed by atoms with E-state index in [0.717, 1.165) is 36.9 Å². The molecule has 0 bridgehead atoms. The van der Waals surface area contributed by atoms with Crippen molar-refractivity contribution in [1.29, 1.82) is 0 Å². The van der Waals surface area contributed by atoms with Gasteiger partial charge in [0.1, 0.15) is 0 Å². The summed E-state index contributed by atoms with van der Waals surface area (Å²) in [6, 6.07) is 0.389. The van der Waals surface area contributed by atoms with E-state index in [-0.39, 0.29) is 0 Å². The van der Waals surface area contributed by atoms with Crippen LogP contribution in [0.3, 0.4) is 0 Å². The van der Waals surface area contributed by atoms with Crippen LogP contribution in [0.15, 0.2) is 4.52 Å². The molecule has 1 rings (SSSR count). The summed E-state index contributed by atoms with van der Waals surface area (Å²) in [4.78, 5) is 4.43. The van der Waals surface area contributed by atoms with Gasteiger partial charge >= 0.3 is 0 Å². The van der Waals surface area contributed by atoms with E-state index in [1.807, 2.05) is 11.8 Å². The Morgan fingerprint density at radius 2 is 2.11 bits per heavy atom. The fourth-order valence-corrected chi connectivity index (χ4v) is 2.28. The van der Waals surface area contributed by atoms with Gasteiger partial charge < -0.3 is 9.84 Å². The number of aromatic nitrogens is 2. The lowest BCUT2D eigenvalue weighted by Gasteiger charge is -2.09. The largest absolute Gasteiger partial charge is 0.339 e. The van der Waals surface area contributed by atoms with Crippen molar-refractivity contribution in [3.05, 3.63) is 11.7 Å². The Morgan fingerprint density at radius 3 is 2.78 bits per heavy atom. The molecule has 1 N–H and O–H groups in total. The summed E-state index contributed by atoms with van der Waals surface area (Å²) in [5.74, 6) is 2.40. The molecule has 4 nitrogen and oxygen atoms in total. The van der Waals surface area contributed by atoms with Crippen LogP contribution in [-0.4, -0.2) is 28.0 Å². The highest BCUT2D eigenvalue weighted by atomic mass is 32.2. The van der Waals surface area contributed by atoms with E-state index in [1.165, 1.54) is 6.42 Å². The quantitative estimate of drug-likeness (QED) is 0.748. The van der Waals surface area contributed by atoms with Gasteiger partial charge in [-0.2, -0.15) is 16.7 Å². The van der Waals surface area contributed by atoms with Gasteiger partial charge in [0.15, 0.2) is 5.82 Å². The molecule has 0 radical (unpaired) electrons. The summed E-state index contributed by atoms with van der Waals surface area (Å²) in [5.41, 5.74) is 0. The van der Waals surface area contributed by atoms with Crippen LogP contribution in [0.25, 0.3) is 0 Å². The Bertz CT molecular complexity index is 330. The lowest BCUT2D eigenvalue weighted by Crippen LogP contribution is -2.28. The molecule has 0 aromatic carbocycles. The average Bonchev–Trinajstić information content (AvgIpc) is 2.81. The Morgan fingerprint density at radius 1 is 1.33 bits per heavy atom. The van der Waals surface area contributed by atoms with Crippen LogP contribution >= 0.6 is 11.8 Å². The third-order valence-corrected chi connectivity index (χ3v) is 4.13. The molecule has 0 saturated heterocycles. The summed E-state index contributed by atoms with van der Waals surface area (Å²) in [6.07, 6.45) is 3.12. The molecule has 0 amide bonds. The molecule has 0 aliphatic rings. The molecule has 0 aliphatic carbocycles. The van der Waals surface area contributed by atoms with E-state index >= 15 is 0 Å². The monoisotopic (exact) mass is 271 g/mol. The van der Waals surface area contributed by atoms with E-state index in [4.69, 9.17) is 4.52 Å². The summed E-state index contributed by atoms with van der Waals surface area (Å²) in [7, 11) is 0. The molecule has 1 aromatic heterocycles. The van der Waals surface area contributed by atoms with Crippen LogP contribution in [0, 0.1) is 0 Å². The van der Waals surface area contributed by atoms with Crippen molar-refractivity contribution < 1.29 is 4.52 Å². The predicted octanol–water partition coefficient (Wildman–Crippen LogP) is 3.03. The molecule has 0 spiro atoms. The van der Waals surface area contributed by atoms with Gasteiger partial charge in [-0.1, -0.05) is 25.9 Å². The molecule has 2 unspecified atom stereocenters. The number of thioether (sulfide) groups is 1. The first-order chi connectivity index (χ1) is 8.65. The van der Waals surface area contributed by atoms with Gasteiger partial charge in [-0.25, -0.2) is 0 Å². The zero-order valence-electron chi connectivity index (χ0n) is 11.9. The average molecular weight is 271 g/mol. The maximum Gasteiger partial charge on any atom is 0.228 e. The van der Waals surface area contributed by atoms with Crippen LogP contribution in [-0.2, 0) is 12.2 Å². The van der Waals surface area contributed by atoms with Gasteiger partial charge in [-0.15, -0.1) is 0 Å². The molecule has 5 heteroatoms. The first kappa shape index (κ1) is 15.5. The zero-order chi connectivity index (χ0) is 13.4. The van der Waals surface area contributed by atoms with E-state index in [2.05, 4.69) is 43.2 Å². The first-order valence-corrected chi connectivity index (χ1v) is 7.87.